The van der Waals surface area contributed by atoms with Gasteiger partial charge in [0, 0.05) is 25.2 Å². The van der Waals surface area contributed by atoms with E-state index in [-0.39, 0.29) is 16.7 Å². The summed E-state index contributed by atoms with van der Waals surface area (Å²) in [5, 5.41) is 5.70. The number of carbonyl (C=O) groups excluding carboxylic acids is 2. The first-order chi connectivity index (χ1) is 15.9. The van der Waals surface area contributed by atoms with Crippen molar-refractivity contribution in [3.05, 3.63) is 53.6 Å². The van der Waals surface area contributed by atoms with Crippen molar-refractivity contribution in [3.8, 4) is 5.75 Å². The molecule has 0 aromatic heterocycles. The van der Waals surface area contributed by atoms with Crippen molar-refractivity contribution in [1.29, 1.82) is 0 Å². The van der Waals surface area contributed by atoms with Gasteiger partial charge in [0.05, 0.1) is 11.5 Å². The number of nitrogens with zero attached hydrogens (tertiary/aromatic N) is 1. The number of fused-ring (bicyclic) bond motifs is 1. The lowest BCUT2D eigenvalue weighted by Crippen LogP contribution is -2.45. The topological polar surface area (TPSA) is 105 Å². The second-order valence-electron chi connectivity index (χ2n) is 8.29. The number of hydrogen-bond acceptors (Lipinski definition) is 5. The molecule has 8 nitrogen and oxygen atoms in total. The van der Waals surface area contributed by atoms with Crippen LogP contribution in [-0.4, -0.2) is 43.7 Å². The van der Waals surface area contributed by atoms with E-state index >= 15 is 0 Å². The van der Waals surface area contributed by atoms with Gasteiger partial charge in [0.2, 0.25) is 21.8 Å². The predicted molar refractivity (Wildman–Crippen MR) is 124 cm³/mol. The smallest absolute Gasteiger partial charge is 0.243 e. The van der Waals surface area contributed by atoms with Crippen LogP contribution in [0.15, 0.2) is 47.4 Å². The van der Waals surface area contributed by atoms with Gasteiger partial charge in [-0.25, -0.2) is 8.42 Å². The molecule has 2 aliphatic rings. The lowest BCUT2D eigenvalue weighted by atomic mass is 10.1. The van der Waals surface area contributed by atoms with Crippen LogP contribution in [0.1, 0.15) is 43.7 Å². The van der Waals surface area contributed by atoms with Crippen LogP contribution >= 0.6 is 0 Å². The molecule has 1 atom stereocenters. The molecule has 4 rings (SSSR count). The maximum absolute atomic E-state index is 13.4. The molecule has 2 N–H and O–H groups in total. The molecule has 2 aromatic rings. The van der Waals surface area contributed by atoms with E-state index in [1.165, 1.54) is 10.4 Å². The number of hydrogen-bond donors (Lipinski definition) is 2. The summed E-state index contributed by atoms with van der Waals surface area (Å²) in [4.78, 5) is 24.8. The molecular formula is C24H29N3O5S. The minimum absolute atomic E-state index is 0.0619. The van der Waals surface area contributed by atoms with E-state index < -0.39 is 16.1 Å². The summed E-state index contributed by atoms with van der Waals surface area (Å²) in [6.45, 7) is 3.12. The van der Waals surface area contributed by atoms with Gasteiger partial charge in [-0.15, -0.1) is 0 Å². The molecule has 1 fully saturated rings. The number of anilines is 1. The summed E-state index contributed by atoms with van der Waals surface area (Å²) in [5.41, 5.74) is 2.37. The Labute approximate surface area is 194 Å². The van der Waals surface area contributed by atoms with Crippen LogP contribution in [-0.2, 0) is 32.6 Å². The second kappa shape index (κ2) is 9.93. The number of ether oxygens (including phenoxy) is 1. The minimum atomic E-state index is -3.84. The molecule has 2 aliphatic heterocycles. The summed E-state index contributed by atoms with van der Waals surface area (Å²) in [7, 11) is -3.84. The zero-order chi connectivity index (χ0) is 23.4. The van der Waals surface area contributed by atoms with E-state index in [4.69, 9.17) is 4.74 Å². The Morgan fingerprint density at radius 1 is 1.15 bits per heavy atom. The van der Waals surface area contributed by atoms with Gasteiger partial charge in [-0.1, -0.05) is 12.1 Å². The Hall–Kier alpha value is -2.91. The van der Waals surface area contributed by atoms with Crippen LogP contribution in [0.3, 0.4) is 0 Å². The van der Waals surface area contributed by atoms with E-state index in [0.29, 0.717) is 57.5 Å². The van der Waals surface area contributed by atoms with Gasteiger partial charge in [0.25, 0.3) is 0 Å². The average Bonchev–Trinajstić information content (AvgIpc) is 3.23. The third kappa shape index (κ3) is 5.20. The van der Waals surface area contributed by atoms with Gasteiger partial charge in [-0.2, -0.15) is 4.31 Å². The first kappa shape index (κ1) is 23.3. The van der Waals surface area contributed by atoms with Crippen molar-refractivity contribution >= 4 is 27.5 Å². The highest BCUT2D eigenvalue weighted by Crippen LogP contribution is 2.30. The molecule has 2 heterocycles. The molecule has 1 unspecified atom stereocenters. The van der Waals surface area contributed by atoms with Crippen LogP contribution in [0.4, 0.5) is 5.69 Å². The van der Waals surface area contributed by atoms with Crippen molar-refractivity contribution < 1.29 is 22.7 Å². The quantitative estimate of drug-likeness (QED) is 0.646. The molecule has 9 heteroatoms. The summed E-state index contributed by atoms with van der Waals surface area (Å²) in [6, 6.07) is 11.5. The Kier molecular flexibility index (Phi) is 6.99. The van der Waals surface area contributed by atoms with Gasteiger partial charge >= 0.3 is 0 Å². The average molecular weight is 472 g/mol. The molecule has 1 saturated heterocycles. The zero-order valence-corrected chi connectivity index (χ0v) is 19.5. The largest absolute Gasteiger partial charge is 0.494 e. The minimum Gasteiger partial charge on any atom is -0.494 e. The number of sulfonamides is 1. The van der Waals surface area contributed by atoms with Crippen LogP contribution in [0, 0.1) is 0 Å². The van der Waals surface area contributed by atoms with E-state index in [0.717, 1.165) is 16.9 Å². The van der Waals surface area contributed by atoms with Crippen LogP contribution in [0.2, 0.25) is 0 Å². The number of carbonyl (C=O) groups is 2. The SMILES string of the molecule is CCOc1ccc(CNC(=O)C2CCCN2S(=O)(=O)c2ccc3c(c2)CCCC(=O)N3)cc1. The molecule has 0 bridgehead atoms. The van der Waals surface area contributed by atoms with Gasteiger partial charge in [-0.3, -0.25) is 9.59 Å². The zero-order valence-electron chi connectivity index (χ0n) is 18.7. The first-order valence-electron chi connectivity index (χ1n) is 11.3. The van der Waals surface area contributed by atoms with Gasteiger partial charge in [0.1, 0.15) is 11.8 Å². The molecule has 2 amide bonds. The van der Waals surface area contributed by atoms with Crippen molar-refractivity contribution in [3.63, 3.8) is 0 Å². The van der Waals surface area contributed by atoms with E-state index in [2.05, 4.69) is 10.6 Å². The van der Waals surface area contributed by atoms with E-state index in [1.54, 1.807) is 12.1 Å². The maximum atomic E-state index is 13.4. The fourth-order valence-corrected chi connectivity index (χ4v) is 6.02. The Balaban J connectivity index is 1.46. The fourth-order valence-electron chi connectivity index (χ4n) is 4.31. The highest BCUT2D eigenvalue weighted by Gasteiger charge is 2.39. The van der Waals surface area contributed by atoms with Crippen molar-refractivity contribution in [2.45, 2.75) is 56.5 Å². The Bertz CT molecular complexity index is 1130. The third-order valence-electron chi connectivity index (χ3n) is 6.01. The number of benzene rings is 2. The fraction of sp³-hybridized carbons (Fsp3) is 0.417. The molecule has 0 saturated carbocycles. The number of rotatable bonds is 7. The maximum Gasteiger partial charge on any atom is 0.243 e. The second-order valence-corrected chi connectivity index (χ2v) is 10.2. The normalized spacial score (nSPS) is 18.8. The lowest BCUT2D eigenvalue weighted by molar-refractivity contribution is -0.124. The van der Waals surface area contributed by atoms with Crippen LogP contribution < -0.4 is 15.4 Å². The molecule has 0 spiro atoms. The summed E-state index contributed by atoms with van der Waals surface area (Å²) >= 11 is 0. The van der Waals surface area contributed by atoms with Crippen LogP contribution in [0.25, 0.3) is 0 Å². The predicted octanol–water partition coefficient (Wildman–Crippen LogP) is 2.83. The molecule has 176 valence electrons. The van der Waals surface area contributed by atoms with Crippen molar-refractivity contribution in [1.82, 2.24) is 9.62 Å². The lowest BCUT2D eigenvalue weighted by Gasteiger charge is -2.24. The van der Waals surface area contributed by atoms with Gasteiger partial charge in [0.15, 0.2) is 0 Å². The highest BCUT2D eigenvalue weighted by molar-refractivity contribution is 7.89. The third-order valence-corrected chi connectivity index (χ3v) is 7.92. The molecule has 0 radical (unpaired) electrons. The molecule has 33 heavy (non-hydrogen) atoms. The summed E-state index contributed by atoms with van der Waals surface area (Å²) in [6.07, 6.45) is 2.82. The number of aryl methyl sites for hydroxylation is 1. The number of nitrogens with one attached hydrogen (secondary N) is 2. The summed E-state index contributed by atoms with van der Waals surface area (Å²) < 4.78 is 33.5. The monoisotopic (exact) mass is 471 g/mol. The van der Waals surface area contributed by atoms with Gasteiger partial charge < -0.3 is 15.4 Å². The number of amides is 2. The Morgan fingerprint density at radius 3 is 2.70 bits per heavy atom. The van der Waals surface area contributed by atoms with Crippen LogP contribution in [0.5, 0.6) is 5.75 Å². The Morgan fingerprint density at radius 2 is 1.94 bits per heavy atom. The standard InChI is InChI=1S/C24H29N3O5S/c1-2-32-19-10-8-17(9-11-19)16-25-24(29)22-6-4-14-27(22)33(30,31)20-12-13-21-18(15-20)5-3-7-23(28)26-21/h8-13,15,22H,2-7,14,16H2,1H3,(H,25,29)(H,26,28). The molecular weight excluding hydrogens is 442 g/mol. The van der Waals surface area contributed by atoms with Gasteiger partial charge in [-0.05, 0) is 74.1 Å². The van der Waals surface area contributed by atoms with E-state index in [1.807, 2.05) is 31.2 Å². The highest BCUT2D eigenvalue weighted by atomic mass is 32.2. The molecule has 0 aliphatic carbocycles. The van der Waals surface area contributed by atoms with E-state index in [9.17, 15) is 18.0 Å². The first-order valence-corrected chi connectivity index (χ1v) is 12.8. The molecule has 2 aromatic carbocycles. The summed E-state index contributed by atoms with van der Waals surface area (Å²) in [5.74, 6) is 0.404. The van der Waals surface area contributed by atoms with Crippen molar-refractivity contribution in [2.75, 3.05) is 18.5 Å². The van der Waals surface area contributed by atoms with Crippen molar-refractivity contribution in [2.24, 2.45) is 0 Å².